The van der Waals surface area contributed by atoms with Crippen LogP contribution in [-0.4, -0.2) is 32.9 Å². The van der Waals surface area contributed by atoms with Crippen LogP contribution in [0, 0.1) is 12.3 Å². The second kappa shape index (κ2) is 8.16. The summed E-state index contributed by atoms with van der Waals surface area (Å²) in [6.07, 6.45) is 5.42. The number of nitrogens with zero attached hydrogens (tertiary/aromatic N) is 4. The lowest BCUT2D eigenvalue weighted by atomic mass is 10.2. The van der Waals surface area contributed by atoms with Crippen LogP contribution >= 0.6 is 11.3 Å². The maximum absolute atomic E-state index is 13.1. The van der Waals surface area contributed by atoms with Crippen molar-refractivity contribution in [2.75, 3.05) is 14.2 Å². The Labute approximate surface area is 181 Å². The van der Waals surface area contributed by atoms with Crippen LogP contribution in [0.2, 0.25) is 0 Å². The molecule has 0 radical (unpaired) electrons. The maximum Gasteiger partial charge on any atom is 0.333 e. The topological polar surface area (TPSA) is 80.3 Å². The molecule has 0 aliphatic heterocycles. The van der Waals surface area contributed by atoms with Gasteiger partial charge < -0.3 is 14.0 Å². The third kappa shape index (κ3) is 3.41. The Hall–Kier alpha value is -3.77. The number of aryl methyl sites for hydroxylation is 1. The summed E-state index contributed by atoms with van der Waals surface area (Å²) in [4.78, 5) is 31.9. The van der Waals surface area contributed by atoms with Gasteiger partial charge in [-0.2, -0.15) is 0 Å². The highest BCUT2D eigenvalue weighted by Crippen LogP contribution is 2.32. The Morgan fingerprint density at radius 3 is 2.55 bits per heavy atom. The molecular formula is C22H20N4O4S. The predicted molar refractivity (Wildman–Crippen MR) is 120 cm³/mol. The van der Waals surface area contributed by atoms with Crippen molar-refractivity contribution in [3.63, 3.8) is 0 Å². The van der Waals surface area contributed by atoms with Crippen LogP contribution in [0.15, 0.2) is 45.3 Å². The number of hydrogen-bond donors (Lipinski definition) is 0. The van der Waals surface area contributed by atoms with E-state index in [-0.39, 0.29) is 6.54 Å². The molecule has 3 aromatic heterocycles. The van der Waals surface area contributed by atoms with Gasteiger partial charge in [-0.3, -0.25) is 9.36 Å². The van der Waals surface area contributed by atoms with E-state index in [0.29, 0.717) is 35.0 Å². The van der Waals surface area contributed by atoms with Crippen LogP contribution < -0.4 is 20.7 Å². The summed E-state index contributed by atoms with van der Waals surface area (Å²) in [6, 6.07) is 9.21. The minimum absolute atomic E-state index is 0.116. The summed E-state index contributed by atoms with van der Waals surface area (Å²) < 4.78 is 14.9. The average Bonchev–Trinajstić information content (AvgIpc) is 3.41. The monoisotopic (exact) mass is 436 g/mol. The summed E-state index contributed by atoms with van der Waals surface area (Å²) >= 11 is 1.52. The fourth-order valence-corrected chi connectivity index (χ4v) is 4.22. The molecule has 31 heavy (non-hydrogen) atoms. The van der Waals surface area contributed by atoms with Crippen molar-refractivity contribution in [2.45, 2.75) is 13.1 Å². The normalized spacial score (nSPS) is 10.9. The van der Waals surface area contributed by atoms with Gasteiger partial charge in [-0.05, 0) is 29.6 Å². The molecule has 8 nitrogen and oxygen atoms in total. The number of fused-ring (bicyclic) bond motifs is 1. The molecule has 9 heteroatoms. The molecule has 0 unspecified atom stereocenters. The summed E-state index contributed by atoms with van der Waals surface area (Å²) in [5.41, 5.74) is 0.373. The molecule has 0 fully saturated rings. The number of ether oxygens (including phenoxy) is 2. The van der Waals surface area contributed by atoms with E-state index in [9.17, 15) is 9.59 Å². The van der Waals surface area contributed by atoms with Crippen LogP contribution in [0.5, 0.6) is 11.5 Å². The second-order valence-electron chi connectivity index (χ2n) is 6.78. The summed E-state index contributed by atoms with van der Waals surface area (Å²) in [7, 11) is 4.85. The highest BCUT2D eigenvalue weighted by molar-refractivity contribution is 7.09. The third-order valence-corrected chi connectivity index (χ3v) is 5.89. The van der Waals surface area contributed by atoms with Crippen molar-refractivity contribution >= 4 is 22.5 Å². The number of aromatic nitrogens is 4. The van der Waals surface area contributed by atoms with Crippen molar-refractivity contribution < 1.29 is 9.47 Å². The minimum atomic E-state index is -0.485. The van der Waals surface area contributed by atoms with Gasteiger partial charge in [-0.1, -0.05) is 12.0 Å². The zero-order chi connectivity index (χ0) is 22.1. The molecule has 0 spiro atoms. The average molecular weight is 436 g/mol. The Balaban J connectivity index is 2.02. The molecule has 0 aliphatic rings. The first kappa shape index (κ1) is 20.5. The number of terminal acetylenes is 1. The van der Waals surface area contributed by atoms with Gasteiger partial charge in [0.25, 0.3) is 5.56 Å². The largest absolute Gasteiger partial charge is 0.493 e. The highest BCUT2D eigenvalue weighted by Gasteiger charge is 2.21. The molecule has 4 rings (SSSR count). The lowest BCUT2D eigenvalue weighted by Gasteiger charge is -2.10. The number of hydrogen-bond acceptors (Lipinski definition) is 6. The SMILES string of the molecule is C#CCn1c(=O)c2c(nc(-c3ccc(OC)c(OC)c3)n2C)n(Cc2cccs2)c1=O. The lowest BCUT2D eigenvalue weighted by molar-refractivity contribution is 0.355. The fourth-order valence-electron chi connectivity index (χ4n) is 3.53. The van der Waals surface area contributed by atoms with Gasteiger partial charge in [0.05, 0.1) is 27.3 Å². The van der Waals surface area contributed by atoms with Gasteiger partial charge in [0, 0.05) is 17.5 Å². The van der Waals surface area contributed by atoms with E-state index in [0.717, 1.165) is 15.0 Å². The third-order valence-electron chi connectivity index (χ3n) is 5.03. The van der Waals surface area contributed by atoms with E-state index >= 15 is 0 Å². The van der Waals surface area contributed by atoms with Gasteiger partial charge in [-0.15, -0.1) is 17.8 Å². The lowest BCUT2D eigenvalue weighted by Crippen LogP contribution is -2.40. The Bertz CT molecular complexity index is 1420. The number of imidazole rings is 1. The quantitative estimate of drug-likeness (QED) is 0.434. The maximum atomic E-state index is 13.1. The van der Waals surface area contributed by atoms with E-state index in [1.165, 1.54) is 15.9 Å². The second-order valence-corrected chi connectivity index (χ2v) is 7.81. The first-order valence-corrected chi connectivity index (χ1v) is 10.3. The van der Waals surface area contributed by atoms with E-state index in [2.05, 4.69) is 10.9 Å². The number of benzene rings is 1. The van der Waals surface area contributed by atoms with Gasteiger partial charge in [0.1, 0.15) is 5.82 Å². The zero-order valence-corrected chi connectivity index (χ0v) is 18.1. The Morgan fingerprint density at radius 1 is 1.13 bits per heavy atom. The smallest absolute Gasteiger partial charge is 0.333 e. The minimum Gasteiger partial charge on any atom is -0.493 e. The van der Waals surface area contributed by atoms with Crippen LogP contribution in [-0.2, 0) is 20.1 Å². The molecule has 0 saturated heterocycles. The van der Waals surface area contributed by atoms with E-state index in [4.69, 9.17) is 15.9 Å². The van der Waals surface area contributed by atoms with Crippen LogP contribution in [0.4, 0.5) is 0 Å². The van der Waals surface area contributed by atoms with Crippen molar-refractivity contribution in [3.05, 3.63) is 61.4 Å². The van der Waals surface area contributed by atoms with E-state index < -0.39 is 11.2 Å². The van der Waals surface area contributed by atoms with Crippen LogP contribution in [0.25, 0.3) is 22.6 Å². The molecule has 158 valence electrons. The van der Waals surface area contributed by atoms with Crippen molar-refractivity contribution in [1.82, 2.24) is 18.7 Å². The van der Waals surface area contributed by atoms with Gasteiger partial charge in [0.15, 0.2) is 22.7 Å². The molecule has 0 saturated carbocycles. The summed E-state index contributed by atoms with van der Waals surface area (Å²) in [5.74, 6) is 4.03. The van der Waals surface area contributed by atoms with Crippen LogP contribution in [0.1, 0.15) is 4.88 Å². The molecular weight excluding hydrogens is 416 g/mol. The number of rotatable bonds is 6. The number of methoxy groups -OCH3 is 2. The predicted octanol–water partition coefficient (Wildman–Crippen LogP) is 2.32. The summed E-state index contributed by atoms with van der Waals surface area (Å²) in [5, 5.41) is 1.93. The van der Waals surface area contributed by atoms with E-state index in [1.807, 2.05) is 23.6 Å². The van der Waals surface area contributed by atoms with Gasteiger partial charge >= 0.3 is 5.69 Å². The molecule has 1 aromatic carbocycles. The van der Waals surface area contributed by atoms with E-state index in [1.54, 1.807) is 38.0 Å². The fraction of sp³-hybridized carbons (Fsp3) is 0.227. The van der Waals surface area contributed by atoms with Crippen molar-refractivity contribution in [2.24, 2.45) is 7.05 Å². The Kier molecular flexibility index (Phi) is 5.40. The van der Waals surface area contributed by atoms with Gasteiger partial charge in [-0.25, -0.2) is 14.3 Å². The Morgan fingerprint density at radius 2 is 1.90 bits per heavy atom. The van der Waals surface area contributed by atoms with Gasteiger partial charge in [0.2, 0.25) is 0 Å². The molecule has 3 heterocycles. The van der Waals surface area contributed by atoms with Crippen molar-refractivity contribution in [3.8, 4) is 35.2 Å². The standard InChI is InChI=1S/C22H20N4O4S/c1-5-10-25-21(27)18-20(26(22(25)28)13-15-7-6-11-31-15)23-19(24(18)2)14-8-9-16(29-3)17(12-14)30-4/h1,6-9,11-12H,10,13H2,2-4H3. The molecule has 0 N–H and O–H groups in total. The molecule has 0 bridgehead atoms. The first-order chi connectivity index (χ1) is 15.0. The summed E-state index contributed by atoms with van der Waals surface area (Å²) in [6.45, 7) is 0.176. The van der Waals surface area contributed by atoms with Crippen molar-refractivity contribution in [1.29, 1.82) is 0 Å². The molecule has 0 atom stereocenters. The highest BCUT2D eigenvalue weighted by atomic mass is 32.1. The van der Waals surface area contributed by atoms with Crippen LogP contribution in [0.3, 0.4) is 0 Å². The first-order valence-electron chi connectivity index (χ1n) is 9.38. The molecule has 0 aliphatic carbocycles. The number of thiophene rings is 1. The zero-order valence-electron chi connectivity index (χ0n) is 17.3. The molecule has 0 amide bonds. The molecule has 4 aromatic rings.